The Kier molecular flexibility index (Phi) is 5.00. The van der Waals surface area contributed by atoms with E-state index in [1.807, 2.05) is 6.92 Å². The molecule has 0 bridgehead atoms. The van der Waals surface area contributed by atoms with Gasteiger partial charge in [0.15, 0.2) is 15.8 Å². The van der Waals surface area contributed by atoms with Crippen LogP contribution in [0.3, 0.4) is 0 Å². The summed E-state index contributed by atoms with van der Waals surface area (Å²) in [5, 5.41) is 7.26. The SMILES string of the molecule is CC1(NS(=O)(=O)c2cc(N3CCC4(CC3)COC4)c3cnc(-c4nnc(C(F)F)s4)n3c2)CC1. The van der Waals surface area contributed by atoms with E-state index in [1.165, 1.54) is 6.20 Å². The van der Waals surface area contributed by atoms with E-state index in [9.17, 15) is 17.2 Å². The predicted octanol–water partition coefficient (Wildman–Crippen LogP) is 3.24. The number of pyridine rings is 1. The molecule has 9 nitrogen and oxygen atoms in total. The molecule has 13 heteroatoms. The van der Waals surface area contributed by atoms with Crippen molar-refractivity contribution in [3.05, 3.63) is 23.5 Å². The summed E-state index contributed by atoms with van der Waals surface area (Å²) < 4.78 is 62.6. The van der Waals surface area contributed by atoms with Crippen LogP contribution in [0.1, 0.15) is 44.0 Å². The van der Waals surface area contributed by atoms with Gasteiger partial charge in [0.05, 0.1) is 30.6 Å². The third-order valence-electron chi connectivity index (χ3n) is 7.09. The van der Waals surface area contributed by atoms with Gasteiger partial charge in [-0.1, -0.05) is 11.3 Å². The van der Waals surface area contributed by atoms with Crippen molar-refractivity contribution < 1.29 is 21.9 Å². The summed E-state index contributed by atoms with van der Waals surface area (Å²) >= 11 is 0.751. The second-order valence-electron chi connectivity index (χ2n) is 9.79. The standard InChI is InChI=1S/C21H24F2N6O3S2/c1-20(2-3-20)27-34(30,31)13-8-14(28-6-4-21(5-7-28)11-32-12-21)15-9-24-17(29(15)10-13)19-26-25-18(33-19)16(22)23/h8-10,16,27H,2-7,11-12H2,1H3. The molecule has 0 radical (unpaired) electrons. The topological polar surface area (TPSA) is 102 Å². The second kappa shape index (κ2) is 7.64. The highest BCUT2D eigenvalue weighted by atomic mass is 32.2. The van der Waals surface area contributed by atoms with Crippen LogP contribution in [0, 0.1) is 5.41 Å². The van der Waals surface area contributed by atoms with Gasteiger partial charge in [0.2, 0.25) is 10.0 Å². The number of halogens is 2. The van der Waals surface area contributed by atoms with Crippen molar-refractivity contribution in [3.63, 3.8) is 0 Å². The number of nitrogens with zero attached hydrogens (tertiary/aromatic N) is 5. The molecule has 34 heavy (non-hydrogen) atoms. The van der Waals surface area contributed by atoms with E-state index >= 15 is 0 Å². The lowest BCUT2D eigenvalue weighted by molar-refractivity contribution is -0.124. The molecule has 2 saturated heterocycles. The lowest BCUT2D eigenvalue weighted by atomic mass is 9.77. The minimum Gasteiger partial charge on any atom is -0.380 e. The summed E-state index contributed by atoms with van der Waals surface area (Å²) in [7, 11) is -3.81. The van der Waals surface area contributed by atoms with Crippen molar-refractivity contribution in [2.24, 2.45) is 5.41 Å². The van der Waals surface area contributed by atoms with Crippen LogP contribution in [0.2, 0.25) is 0 Å². The quantitative estimate of drug-likeness (QED) is 0.543. The predicted molar refractivity (Wildman–Crippen MR) is 122 cm³/mol. The molecule has 182 valence electrons. The van der Waals surface area contributed by atoms with Crippen LogP contribution in [0.4, 0.5) is 14.5 Å². The van der Waals surface area contributed by atoms with Crippen molar-refractivity contribution in [3.8, 4) is 10.8 Å². The van der Waals surface area contributed by atoms with Gasteiger partial charge >= 0.3 is 0 Å². The van der Waals surface area contributed by atoms with Gasteiger partial charge in [-0.3, -0.25) is 4.40 Å². The summed E-state index contributed by atoms with van der Waals surface area (Å²) in [5.74, 6) is 0.288. The van der Waals surface area contributed by atoms with E-state index in [2.05, 4.69) is 24.8 Å². The van der Waals surface area contributed by atoms with Gasteiger partial charge in [-0.25, -0.2) is 26.9 Å². The molecule has 6 rings (SSSR count). The van der Waals surface area contributed by atoms with Crippen LogP contribution in [-0.2, 0) is 14.8 Å². The highest BCUT2D eigenvalue weighted by molar-refractivity contribution is 7.89. The molecule has 3 fully saturated rings. The van der Waals surface area contributed by atoms with Gasteiger partial charge in [-0.2, -0.15) is 0 Å². The number of hydrogen-bond donors (Lipinski definition) is 1. The number of sulfonamides is 1. The zero-order valence-electron chi connectivity index (χ0n) is 18.5. The molecular formula is C21H24F2N6O3S2. The zero-order chi connectivity index (χ0) is 23.7. The zero-order valence-corrected chi connectivity index (χ0v) is 20.1. The number of piperidine rings is 1. The summed E-state index contributed by atoms with van der Waals surface area (Å²) in [6.45, 7) is 4.95. The molecule has 2 aliphatic heterocycles. The Morgan fingerprint density at radius 1 is 1.18 bits per heavy atom. The molecule has 3 aliphatic rings. The molecule has 1 spiro atoms. The number of ether oxygens (including phenoxy) is 1. The maximum absolute atomic E-state index is 13.3. The molecule has 5 heterocycles. The van der Waals surface area contributed by atoms with Gasteiger partial charge in [-0.15, -0.1) is 10.2 Å². The van der Waals surface area contributed by atoms with Crippen LogP contribution < -0.4 is 9.62 Å². The number of aromatic nitrogens is 4. The summed E-state index contributed by atoms with van der Waals surface area (Å²) in [4.78, 5) is 6.70. The number of anilines is 1. The third kappa shape index (κ3) is 3.78. The lowest BCUT2D eigenvalue weighted by Crippen LogP contribution is -2.51. The highest BCUT2D eigenvalue weighted by Gasteiger charge is 2.43. The monoisotopic (exact) mass is 510 g/mol. The number of imidazole rings is 1. The normalized spacial score (nSPS) is 21.4. The van der Waals surface area contributed by atoms with Gasteiger partial charge in [-0.05, 0) is 38.7 Å². The first-order valence-electron chi connectivity index (χ1n) is 11.2. The fraction of sp³-hybridized carbons (Fsp3) is 0.571. The maximum atomic E-state index is 13.3. The number of fused-ring (bicyclic) bond motifs is 1. The van der Waals surface area contributed by atoms with E-state index in [4.69, 9.17) is 4.74 Å². The average molecular weight is 511 g/mol. The minimum atomic E-state index is -3.81. The summed E-state index contributed by atoms with van der Waals surface area (Å²) in [6, 6.07) is 1.69. The fourth-order valence-electron chi connectivity index (χ4n) is 4.60. The van der Waals surface area contributed by atoms with Crippen LogP contribution >= 0.6 is 11.3 Å². The largest absolute Gasteiger partial charge is 0.380 e. The average Bonchev–Trinajstić information content (AvgIpc) is 3.18. The Morgan fingerprint density at radius 2 is 1.91 bits per heavy atom. The molecule has 1 saturated carbocycles. The van der Waals surface area contributed by atoms with Crippen molar-refractivity contribution in [2.45, 2.75) is 49.5 Å². The van der Waals surface area contributed by atoms with Crippen LogP contribution in [0.15, 0.2) is 23.4 Å². The number of nitrogens with one attached hydrogen (secondary N) is 1. The molecule has 3 aromatic rings. The maximum Gasteiger partial charge on any atom is 0.291 e. The molecular weight excluding hydrogens is 486 g/mol. The number of hydrogen-bond acceptors (Lipinski definition) is 8. The molecule has 0 atom stereocenters. The van der Waals surface area contributed by atoms with Gasteiger partial charge in [0.25, 0.3) is 6.43 Å². The van der Waals surface area contributed by atoms with E-state index in [0.717, 1.165) is 69.0 Å². The number of rotatable bonds is 6. The third-order valence-corrected chi connectivity index (χ3v) is 9.62. The second-order valence-corrected chi connectivity index (χ2v) is 12.5. The van der Waals surface area contributed by atoms with Crippen LogP contribution in [0.25, 0.3) is 16.3 Å². The molecule has 0 amide bonds. The lowest BCUT2D eigenvalue weighted by Gasteiger charge is -2.47. The van der Waals surface area contributed by atoms with Crippen molar-refractivity contribution >= 4 is 32.6 Å². The summed E-state index contributed by atoms with van der Waals surface area (Å²) in [6.07, 6.45) is 3.89. The first kappa shape index (κ1) is 22.3. The van der Waals surface area contributed by atoms with Crippen molar-refractivity contribution in [2.75, 3.05) is 31.2 Å². The first-order valence-corrected chi connectivity index (χ1v) is 13.5. The van der Waals surface area contributed by atoms with Crippen LogP contribution in [-0.4, -0.2) is 59.8 Å². The molecule has 0 unspecified atom stereocenters. The molecule has 0 aromatic carbocycles. The highest BCUT2D eigenvalue weighted by Crippen LogP contribution is 2.42. The molecule has 3 aromatic heterocycles. The smallest absolute Gasteiger partial charge is 0.291 e. The van der Waals surface area contributed by atoms with Gasteiger partial charge < -0.3 is 9.64 Å². The van der Waals surface area contributed by atoms with Crippen molar-refractivity contribution in [1.29, 1.82) is 0 Å². The molecule has 1 N–H and O–H groups in total. The van der Waals surface area contributed by atoms with Gasteiger partial charge in [0, 0.05) is 30.2 Å². The van der Waals surface area contributed by atoms with E-state index in [-0.39, 0.29) is 21.1 Å². The summed E-state index contributed by atoms with van der Waals surface area (Å²) in [5.41, 5.74) is 1.23. The Labute approximate surface area is 199 Å². The Hall–Kier alpha value is -2.22. The number of alkyl halides is 2. The van der Waals surface area contributed by atoms with Gasteiger partial charge in [0.1, 0.15) is 4.90 Å². The Morgan fingerprint density at radius 3 is 2.50 bits per heavy atom. The minimum absolute atomic E-state index is 0.105. The van der Waals surface area contributed by atoms with Crippen LogP contribution in [0.5, 0.6) is 0 Å². The van der Waals surface area contributed by atoms with E-state index in [0.29, 0.717) is 5.52 Å². The van der Waals surface area contributed by atoms with E-state index in [1.54, 1.807) is 16.7 Å². The first-order chi connectivity index (χ1) is 16.2. The fourth-order valence-corrected chi connectivity index (χ4v) is 6.77. The molecule has 1 aliphatic carbocycles. The Bertz CT molecular complexity index is 1350. The van der Waals surface area contributed by atoms with E-state index < -0.39 is 27.0 Å². The van der Waals surface area contributed by atoms with Crippen molar-refractivity contribution in [1.82, 2.24) is 24.3 Å². The Balaban J connectivity index is 1.45.